The van der Waals surface area contributed by atoms with Gasteiger partial charge in [0.2, 0.25) is 0 Å². The summed E-state index contributed by atoms with van der Waals surface area (Å²) in [5.41, 5.74) is 1.38. The molecule has 5 nitrogen and oxygen atoms in total. The second kappa shape index (κ2) is 7.63. The fourth-order valence-corrected chi connectivity index (χ4v) is 3.26. The van der Waals surface area contributed by atoms with Crippen LogP contribution in [-0.4, -0.2) is 25.3 Å². The third kappa shape index (κ3) is 3.97. The smallest absolute Gasteiger partial charge is 0.264 e. The highest BCUT2D eigenvalue weighted by Gasteiger charge is 2.24. The normalized spacial score (nSPS) is 17.0. The summed E-state index contributed by atoms with van der Waals surface area (Å²) in [5.74, 6) is 1.06. The summed E-state index contributed by atoms with van der Waals surface area (Å²) < 4.78 is 10.6. The Labute approximate surface area is 154 Å². The zero-order chi connectivity index (χ0) is 17.8. The van der Waals surface area contributed by atoms with E-state index in [2.05, 4.69) is 10.3 Å². The molecule has 1 fully saturated rings. The minimum absolute atomic E-state index is 0.212. The number of amidine groups is 1. The van der Waals surface area contributed by atoms with Crippen molar-refractivity contribution < 1.29 is 14.3 Å². The predicted octanol–water partition coefficient (Wildman–Crippen LogP) is 4.25. The monoisotopic (exact) mass is 374 g/mol. The van der Waals surface area contributed by atoms with Gasteiger partial charge in [-0.15, -0.1) is 0 Å². The number of thioether (sulfide) groups is 1. The van der Waals surface area contributed by atoms with Gasteiger partial charge in [0.25, 0.3) is 5.91 Å². The molecule has 2 aromatic rings. The minimum atomic E-state index is -0.212. The van der Waals surface area contributed by atoms with E-state index in [9.17, 15) is 4.79 Å². The number of amides is 1. The van der Waals surface area contributed by atoms with Crippen molar-refractivity contribution in [3.8, 4) is 11.5 Å². The molecule has 3 rings (SSSR count). The molecule has 1 aliphatic heterocycles. The first-order valence-corrected chi connectivity index (χ1v) is 8.56. The fraction of sp³-hybridized carbons (Fsp3) is 0.111. The number of benzene rings is 2. The Balaban J connectivity index is 1.90. The van der Waals surface area contributed by atoms with E-state index in [1.807, 2.05) is 24.3 Å². The summed E-state index contributed by atoms with van der Waals surface area (Å²) in [4.78, 5) is 17.2. The third-order valence-corrected chi connectivity index (χ3v) is 4.58. The average molecular weight is 375 g/mol. The number of carbonyl (C=O) groups excluding carboxylic acids is 1. The lowest BCUT2D eigenvalue weighted by molar-refractivity contribution is -0.115. The number of hydrogen-bond donors (Lipinski definition) is 1. The van der Waals surface area contributed by atoms with Gasteiger partial charge in [-0.3, -0.25) is 4.79 Å². The van der Waals surface area contributed by atoms with E-state index in [1.54, 1.807) is 38.5 Å². The summed E-state index contributed by atoms with van der Waals surface area (Å²) in [6, 6.07) is 12.6. The molecule has 1 amide bonds. The van der Waals surface area contributed by atoms with Gasteiger partial charge in [-0.1, -0.05) is 29.8 Å². The molecule has 7 heteroatoms. The highest BCUT2D eigenvalue weighted by atomic mass is 35.5. The number of nitrogens with one attached hydrogen (secondary N) is 1. The SMILES string of the molecule is COc1ccccc1/C=C1\SC(=Nc2cc(Cl)ccc2OC)NC1=O. The lowest BCUT2D eigenvalue weighted by atomic mass is 10.2. The highest BCUT2D eigenvalue weighted by molar-refractivity contribution is 8.18. The second-order valence-electron chi connectivity index (χ2n) is 5.04. The van der Waals surface area contributed by atoms with E-state index in [4.69, 9.17) is 21.1 Å². The maximum absolute atomic E-state index is 12.2. The summed E-state index contributed by atoms with van der Waals surface area (Å²) in [7, 11) is 3.15. The van der Waals surface area contributed by atoms with E-state index < -0.39 is 0 Å². The number of nitrogens with zero attached hydrogens (tertiary/aromatic N) is 1. The van der Waals surface area contributed by atoms with Crippen LogP contribution in [-0.2, 0) is 4.79 Å². The standard InChI is InChI=1S/C18H15ClN2O3S/c1-23-14-6-4-3-5-11(14)9-16-17(22)21-18(25-16)20-13-10-12(19)7-8-15(13)24-2/h3-10H,1-2H3,(H,20,21,22)/b16-9-. The molecule has 0 aliphatic carbocycles. The van der Waals surface area contributed by atoms with E-state index in [0.717, 1.165) is 5.56 Å². The van der Waals surface area contributed by atoms with Crippen LogP contribution >= 0.6 is 23.4 Å². The Bertz CT molecular complexity index is 880. The molecule has 0 radical (unpaired) electrons. The van der Waals surface area contributed by atoms with Crippen LogP contribution in [0.3, 0.4) is 0 Å². The number of aliphatic imine (C=N–C) groups is 1. The first kappa shape index (κ1) is 17.4. The Morgan fingerprint density at radius 2 is 1.88 bits per heavy atom. The number of methoxy groups -OCH3 is 2. The van der Waals surface area contributed by atoms with Crippen LogP contribution in [0.25, 0.3) is 6.08 Å². The van der Waals surface area contributed by atoms with Gasteiger partial charge in [0.15, 0.2) is 5.17 Å². The van der Waals surface area contributed by atoms with Gasteiger partial charge in [0, 0.05) is 10.6 Å². The van der Waals surface area contributed by atoms with Crippen LogP contribution in [0.5, 0.6) is 11.5 Å². The Morgan fingerprint density at radius 1 is 1.12 bits per heavy atom. The molecule has 0 saturated carbocycles. The molecule has 0 unspecified atom stereocenters. The van der Waals surface area contributed by atoms with Crippen molar-refractivity contribution in [2.45, 2.75) is 0 Å². The van der Waals surface area contributed by atoms with Crippen molar-refractivity contribution >= 4 is 46.2 Å². The van der Waals surface area contributed by atoms with E-state index in [-0.39, 0.29) is 5.91 Å². The number of ether oxygens (including phenoxy) is 2. The van der Waals surface area contributed by atoms with Crippen molar-refractivity contribution in [2.75, 3.05) is 14.2 Å². The molecule has 0 atom stereocenters. The minimum Gasteiger partial charge on any atom is -0.496 e. The van der Waals surface area contributed by atoms with Gasteiger partial charge in [-0.2, -0.15) is 0 Å². The lowest BCUT2D eigenvalue weighted by Crippen LogP contribution is -2.19. The molecular weight excluding hydrogens is 360 g/mol. The van der Waals surface area contributed by atoms with Gasteiger partial charge < -0.3 is 14.8 Å². The Kier molecular flexibility index (Phi) is 5.31. The number of rotatable bonds is 4. The largest absolute Gasteiger partial charge is 0.496 e. The molecule has 0 spiro atoms. The first-order chi connectivity index (χ1) is 12.1. The van der Waals surface area contributed by atoms with Crippen LogP contribution in [0.4, 0.5) is 5.69 Å². The van der Waals surface area contributed by atoms with Gasteiger partial charge in [-0.05, 0) is 42.1 Å². The van der Waals surface area contributed by atoms with Gasteiger partial charge in [-0.25, -0.2) is 4.99 Å². The van der Waals surface area contributed by atoms with E-state index >= 15 is 0 Å². The maximum Gasteiger partial charge on any atom is 0.264 e. The van der Waals surface area contributed by atoms with Crippen molar-refractivity contribution in [3.63, 3.8) is 0 Å². The van der Waals surface area contributed by atoms with Crippen molar-refractivity contribution in [3.05, 3.63) is 58.0 Å². The first-order valence-electron chi connectivity index (χ1n) is 7.37. The van der Waals surface area contributed by atoms with Crippen LogP contribution in [0.15, 0.2) is 52.4 Å². The summed E-state index contributed by atoms with van der Waals surface area (Å²) in [6.07, 6.45) is 1.77. The average Bonchev–Trinajstić information content (AvgIpc) is 2.95. The molecule has 1 aliphatic rings. The summed E-state index contributed by atoms with van der Waals surface area (Å²) in [5, 5.41) is 3.75. The molecule has 128 valence electrons. The fourth-order valence-electron chi connectivity index (χ4n) is 2.27. The van der Waals surface area contributed by atoms with Crippen LogP contribution < -0.4 is 14.8 Å². The van der Waals surface area contributed by atoms with E-state index in [0.29, 0.717) is 32.3 Å². The predicted molar refractivity (Wildman–Crippen MR) is 102 cm³/mol. The molecule has 1 saturated heterocycles. The van der Waals surface area contributed by atoms with Crippen LogP contribution in [0.2, 0.25) is 5.02 Å². The molecule has 2 aromatic carbocycles. The molecule has 1 N–H and O–H groups in total. The van der Waals surface area contributed by atoms with Crippen molar-refractivity contribution in [1.82, 2.24) is 5.32 Å². The van der Waals surface area contributed by atoms with Gasteiger partial charge in [0.05, 0.1) is 19.1 Å². The summed E-state index contributed by atoms with van der Waals surface area (Å²) >= 11 is 7.26. The molecule has 1 heterocycles. The number of hydrogen-bond acceptors (Lipinski definition) is 5. The van der Waals surface area contributed by atoms with Crippen LogP contribution in [0, 0.1) is 0 Å². The van der Waals surface area contributed by atoms with Gasteiger partial charge >= 0.3 is 0 Å². The molecular formula is C18H15ClN2O3S. The molecule has 0 bridgehead atoms. The topological polar surface area (TPSA) is 59.9 Å². The lowest BCUT2D eigenvalue weighted by Gasteiger charge is -2.05. The maximum atomic E-state index is 12.2. The molecule has 0 aromatic heterocycles. The van der Waals surface area contributed by atoms with Crippen LogP contribution in [0.1, 0.15) is 5.56 Å². The Morgan fingerprint density at radius 3 is 2.64 bits per heavy atom. The zero-order valence-electron chi connectivity index (χ0n) is 13.6. The third-order valence-electron chi connectivity index (χ3n) is 3.44. The highest BCUT2D eigenvalue weighted by Crippen LogP contribution is 2.34. The summed E-state index contributed by atoms with van der Waals surface area (Å²) in [6.45, 7) is 0. The number of para-hydroxylation sites is 1. The number of halogens is 1. The zero-order valence-corrected chi connectivity index (χ0v) is 15.1. The van der Waals surface area contributed by atoms with Crippen molar-refractivity contribution in [1.29, 1.82) is 0 Å². The van der Waals surface area contributed by atoms with Crippen molar-refractivity contribution in [2.24, 2.45) is 4.99 Å². The Hall–Kier alpha value is -2.44. The number of carbonyl (C=O) groups is 1. The molecule has 25 heavy (non-hydrogen) atoms. The van der Waals surface area contributed by atoms with Gasteiger partial charge in [0.1, 0.15) is 17.2 Å². The second-order valence-corrected chi connectivity index (χ2v) is 6.51. The van der Waals surface area contributed by atoms with E-state index in [1.165, 1.54) is 11.8 Å². The quantitative estimate of drug-likeness (QED) is 0.813.